The number of nitrogens with zero attached hydrogens (tertiary/aromatic N) is 3. The van der Waals surface area contributed by atoms with Gasteiger partial charge in [0.05, 0.1) is 18.4 Å². The van der Waals surface area contributed by atoms with Gasteiger partial charge in [0.15, 0.2) is 5.69 Å². The average Bonchev–Trinajstić information content (AvgIpc) is 3.23. The van der Waals surface area contributed by atoms with E-state index in [1.54, 1.807) is 4.68 Å². The van der Waals surface area contributed by atoms with Crippen molar-refractivity contribution in [2.75, 3.05) is 19.8 Å². The summed E-state index contributed by atoms with van der Waals surface area (Å²) in [6, 6.07) is 7.56. The van der Waals surface area contributed by atoms with Crippen LogP contribution in [-0.2, 0) is 4.74 Å². The van der Waals surface area contributed by atoms with Crippen LogP contribution < -0.4 is 10.1 Å². The highest BCUT2D eigenvalue weighted by Gasteiger charge is 2.21. The third kappa shape index (κ3) is 3.41. The first-order valence-corrected chi connectivity index (χ1v) is 8.25. The lowest BCUT2D eigenvalue weighted by Crippen LogP contribution is -2.32. The molecule has 7 nitrogen and oxygen atoms in total. The number of nitrogens with one attached hydrogen (secondary N) is 1. The first kappa shape index (κ1) is 16.4. The zero-order valence-electron chi connectivity index (χ0n) is 14.0. The summed E-state index contributed by atoms with van der Waals surface area (Å²) in [4.78, 5) is 12.4. The van der Waals surface area contributed by atoms with Crippen molar-refractivity contribution in [1.29, 1.82) is 0 Å². The van der Waals surface area contributed by atoms with Crippen LogP contribution in [0, 0.1) is 6.92 Å². The van der Waals surface area contributed by atoms with Crippen LogP contribution in [0.2, 0.25) is 0 Å². The molecule has 1 fully saturated rings. The molecule has 0 unspecified atom stereocenters. The molecule has 1 aliphatic rings. The summed E-state index contributed by atoms with van der Waals surface area (Å²) >= 11 is 0. The van der Waals surface area contributed by atoms with Gasteiger partial charge >= 0.3 is 0 Å². The number of benzene rings is 1. The van der Waals surface area contributed by atoms with E-state index in [-0.39, 0.29) is 12.0 Å². The van der Waals surface area contributed by atoms with Gasteiger partial charge in [-0.15, -0.1) is 5.10 Å². The van der Waals surface area contributed by atoms with Gasteiger partial charge in [-0.05, 0) is 38.8 Å². The number of para-hydroxylation sites is 2. The van der Waals surface area contributed by atoms with Crippen LogP contribution in [0.25, 0.3) is 5.69 Å². The van der Waals surface area contributed by atoms with Crippen molar-refractivity contribution >= 4 is 5.91 Å². The fourth-order valence-corrected chi connectivity index (χ4v) is 2.77. The molecule has 0 radical (unpaired) electrons. The van der Waals surface area contributed by atoms with Crippen molar-refractivity contribution < 1.29 is 14.3 Å². The molecule has 3 rings (SSSR count). The molecule has 1 aromatic carbocycles. The fraction of sp³-hybridized carbons (Fsp3) is 0.471. The Balaban J connectivity index is 1.77. The number of ether oxygens (including phenoxy) is 2. The average molecular weight is 330 g/mol. The second kappa shape index (κ2) is 7.44. The molecule has 128 valence electrons. The predicted octanol–water partition coefficient (Wildman–Crippen LogP) is 1.88. The Bertz CT molecular complexity index is 708. The lowest BCUT2D eigenvalue weighted by atomic mass is 10.2. The van der Waals surface area contributed by atoms with Crippen LogP contribution in [0.4, 0.5) is 0 Å². The quantitative estimate of drug-likeness (QED) is 0.875. The van der Waals surface area contributed by atoms with Gasteiger partial charge in [-0.3, -0.25) is 4.79 Å². The molecule has 1 amide bonds. The second-order valence-corrected chi connectivity index (χ2v) is 5.68. The number of hydrogen-bond donors (Lipinski definition) is 1. The standard InChI is InChI=1S/C17H22N4O3/c1-3-23-15-9-5-4-8-14(15)21-12(2)16(19-20-21)17(22)18-11-13-7-6-10-24-13/h4-5,8-9,13H,3,6-7,10-11H2,1-2H3,(H,18,22)/t13-/m0/s1. The van der Waals surface area contributed by atoms with Gasteiger partial charge in [-0.25, -0.2) is 4.68 Å². The summed E-state index contributed by atoms with van der Waals surface area (Å²) in [6.45, 7) is 5.57. The van der Waals surface area contributed by atoms with E-state index in [1.165, 1.54) is 0 Å². The van der Waals surface area contributed by atoms with Crippen molar-refractivity contribution in [3.05, 3.63) is 35.7 Å². The molecule has 0 spiro atoms. The van der Waals surface area contributed by atoms with E-state index in [0.717, 1.165) is 25.1 Å². The van der Waals surface area contributed by atoms with E-state index in [1.807, 2.05) is 38.1 Å². The zero-order chi connectivity index (χ0) is 16.9. The maximum absolute atomic E-state index is 12.4. The maximum atomic E-state index is 12.4. The van der Waals surface area contributed by atoms with E-state index in [0.29, 0.717) is 30.3 Å². The Hall–Kier alpha value is -2.41. The molecule has 0 saturated carbocycles. The van der Waals surface area contributed by atoms with Crippen LogP contribution in [0.15, 0.2) is 24.3 Å². The summed E-state index contributed by atoms with van der Waals surface area (Å²) in [5, 5.41) is 11.0. The largest absolute Gasteiger partial charge is 0.492 e. The number of carbonyl (C=O) groups excluding carboxylic acids is 1. The van der Waals surface area contributed by atoms with Crippen LogP contribution in [0.3, 0.4) is 0 Å². The number of amides is 1. The summed E-state index contributed by atoms with van der Waals surface area (Å²) in [6.07, 6.45) is 2.13. The van der Waals surface area contributed by atoms with Gasteiger partial charge in [-0.2, -0.15) is 0 Å². The monoisotopic (exact) mass is 330 g/mol. The van der Waals surface area contributed by atoms with Gasteiger partial charge in [0.25, 0.3) is 5.91 Å². The van der Waals surface area contributed by atoms with E-state index in [4.69, 9.17) is 9.47 Å². The lowest BCUT2D eigenvalue weighted by molar-refractivity contribution is 0.0853. The minimum absolute atomic E-state index is 0.1000. The first-order chi connectivity index (χ1) is 11.7. The van der Waals surface area contributed by atoms with Gasteiger partial charge < -0.3 is 14.8 Å². The van der Waals surface area contributed by atoms with Crippen LogP contribution >= 0.6 is 0 Å². The topological polar surface area (TPSA) is 78.3 Å². The Morgan fingerprint density at radius 2 is 2.29 bits per heavy atom. The predicted molar refractivity (Wildman–Crippen MR) is 88.6 cm³/mol. The van der Waals surface area contributed by atoms with Gasteiger partial charge in [0.1, 0.15) is 11.4 Å². The highest BCUT2D eigenvalue weighted by molar-refractivity contribution is 5.93. The summed E-state index contributed by atoms with van der Waals surface area (Å²) in [5.74, 6) is 0.474. The minimum atomic E-state index is -0.233. The van der Waals surface area contributed by atoms with E-state index < -0.39 is 0 Å². The smallest absolute Gasteiger partial charge is 0.273 e. The maximum Gasteiger partial charge on any atom is 0.273 e. The molecular weight excluding hydrogens is 308 g/mol. The molecule has 1 N–H and O–H groups in total. The third-order valence-electron chi connectivity index (χ3n) is 4.02. The van der Waals surface area contributed by atoms with E-state index >= 15 is 0 Å². The molecule has 2 aromatic rings. The van der Waals surface area contributed by atoms with E-state index in [2.05, 4.69) is 15.6 Å². The summed E-state index contributed by atoms with van der Waals surface area (Å²) in [5.41, 5.74) is 1.76. The number of rotatable bonds is 6. The Morgan fingerprint density at radius 3 is 3.04 bits per heavy atom. The summed E-state index contributed by atoms with van der Waals surface area (Å²) < 4.78 is 12.8. The molecule has 7 heteroatoms. The van der Waals surface area contributed by atoms with Crippen LogP contribution in [-0.4, -0.2) is 46.8 Å². The second-order valence-electron chi connectivity index (χ2n) is 5.68. The molecule has 1 aliphatic heterocycles. The molecule has 1 saturated heterocycles. The van der Waals surface area contributed by atoms with Crippen molar-refractivity contribution in [3.8, 4) is 11.4 Å². The molecule has 0 bridgehead atoms. The van der Waals surface area contributed by atoms with Crippen LogP contribution in [0.5, 0.6) is 5.75 Å². The number of aromatic nitrogens is 3. The minimum Gasteiger partial charge on any atom is -0.492 e. The SMILES string of the molecule is CCOc1ccccc1-n1nnc(C(=O)NC[C@@H]2CCCO2)c1C. The number of carbonyl (C=O) groups is 1. The summed E-state index contributed by atoms with van der Waals surface area (Å²) in [7, 11) is 0. The molecule has 0 aliphatic carbocycles. The normalized spacial score (nSPS) is 17.0. The van der Waals surface area contributed by atoms with E-state index in [9.17, 15) is 4.79 Å². The zero-order valence-corrected chi connectivity index (χ0v) is 14.0. The molecule has 24 heavy (non-hydrogen) atoms. The Morgan fingerprint density at radius 1 is 1.46 bits per heavy atom. The molecule has 2 heterocycles. The van der Waals surface area contributed by atoms with Crippen molar-refractivity contribution in [3.63, 3.8) is 0 Å². The first-order valence-electron chi connectivity index (χ1n) is 8.25. The number of hydrogen-bond acceptors (Lipinski definition) is 5. The third-order valence-corrected chi connectivity index (χ3v) is 4.02. The van der Waals surface area contributed by atoms with Crippen molar-refractivity contribution in [1.82, 2.24) is 20.3 Å². The molecular formula is C17H22N4O3. The van der Waals surface area contributed by atoms with Crippen molar-refractivity contribution in [2.24, 2.45) is 0 Å². The Labute approximate surface area is 141 Å². The van der Waals surface area contributed by atoms with Crippen LogP contribution in [0.1, 0.15) is 35.9 Å². The lowest BCUT2D eigenvalue weighted by Gasteiger charge is -2.11. The van der Waals surface area contributed by atoms with Gasteiger partial charge in [0, 0.05) is 13.2 Å². The highest BCUT2D eigenvalue weighted by atomic mass is 16.5. The highest BCUT2D eigenvalue weighted by Crippen LogP contribution is 2.23. The molecule has 1 aromatic heterocycles. The molecule has 1 atom stereocenters. The van der Waals surface area contributed by atoms with Crippen molar-refractivity contribution in [2.45, 2.75) is 32.8 Å². The fourth-order valence-electron chi connectivity index (χ4n) is 2.77. The Kier molecular flexibility index (Phi) is 5.10. The van der Waals surface area contributed by atoms with Gasteiger partial charge in [0.2, 0.25) is 0 Å². The van der Waals surface area contributed by atoms with Gasteiger partial charge in [-0.1, -0.05) is 17.3 Å².